The zero-order valence-corrected chi connectivity index (χ0v) is 4.65. The normalized spacial score (nSPS) is 7.14. The molecule has 0 aromatic carbocycles. The summed E-state index contributed by atoms with van der Waals surface area (Å²) in [7, 11) is 0. The van der Waals surface area contributed by atoms with Crippen molar-refractivity contribution < 1.29 is 0 Å². The Bertz CT molecular complexity index is 98.0. The molecule has 0 aliphatic rings. The summed E-state index contributed by atoms with van der Waals surface area (Å²) in [5.41, 5.74) is 14.3. The van der Waals surface area contributed by atoms with Crippen molar-refractivity contribution in [3.8, 4) is 0 Å². The molecule has 0 saturated carbocycles. The number of allylic oxidation sites excluding steroid dienone is 1. The fourth-order valence-corrected chi connectivity index (χ4v) is 0.311. The molecule has 4 N–H and O–H groups in total. The maximum absolute atomic E-state index is 5.20. The monoisotopic (exact) mass is 98.1 g/mol. The van der Waals surface area contributed by atoms with Crippen LogP contribution in [0.1, 0.15) is 13.8 Å². The molecule has 0 heterocycles. The van der Waals surface area contributed by atoms with Crippen LogP contribution in [0.5, 0.6) is 0 Å². The van der Waals surface area contributed by atoms with Crippen LogP contribution in [0.25, 0.3) is 0 Å². The van der Waals surface area contributed by atoms with Crippen molar-refractivity contribution in [2.45, 2.75) is 13.8 Å². The van der Waals surface area contributed by atoms with Crippen LogP contribution in [0.3, 0.4) is 0 Å². The lowest BCUT2D eigenvalue weighted by atomic mass is 10.5. The first-order valence-electron chi connectivity index (χ1n) is 2.08. The van der Waals surface area contributed by atoms with Gasteiger partial charge in [-0.25, -0.2) is 0 Å². The van der Waals surface area contributed by atoms with Crippen LogP contribution in [-0.4, -0.2) is 0 Å². The van der Waals surface area contributed by atoms with Crippen LogP contribution in [0.2, 0.25) is 0 Å². The molecule has 0 aromatic heterocycles. The molecule has 2 heteroatoms. The summed E-state index contributed by atoms with van der Waals surface area (Å²) in [5.74, 6) is 0. The molecule has 0 amide bonds. The molecular weight excluding hydrogens is 88.1 g/mol. The van der Waals surface area contributed by atoms with Gasteiger partial charge in [0.05, 0.1) is 0 Å². The Kier molecular flexibility index (Phi) is 2.03. The summed E-state index contributed by atoms with van der Waals surface area (Å²) >= 11 is 0. The van der Waals surface area contributed by atoms with Crippen molar-refractivity contribution in [1.29, 1.82) is 0 Å². The van der Waals surface area contributed by atoms with Gasteiger partial charge in [-0.05, 0) is 13.8 Å². The van der Waals surface area contributed by atoms with Gasteiger partial charge in [-0.15, -0.1) is 0 Å². The summed E-state index contributed by atoms with van der Waals surface area (Å²) in [6.07, 6.45) is 0. The molecule has 0 spiro atoms. The van der Waals surface area contributed by atoms with Crippen LogP contribution in [0, 0.1) is 0 Å². The first kappa shape index (κ1) is 6.12. The van der Waals surface area contributed by atoms with Gasteiger partial charge in [0.2, 0.25) is 0 Å². The van der Waals surface area contributed by atoms with Crippen LogP contribution < -0.4 is 11.5 Å². The zero-order valence-electron chi connectivity index (χ0n) is 4.65. The Labute approximate surface area is 43.5 Å². The highest BCUT2D eigenvalue weighted by Gasteiger charge is 1.69. The van der Waals surface area contributed by atoms with Crippen molar-refractivity contribution in [2.75, 3.05) is 0 Å². The lowest BCUT2D eigenvalue weighted by molar-refractivity contribution is 1.26. The van der Waals surface area contributed by atoms with Gasteiger partial charge in [0.1, 0.15) is 0 Å². The molecule has 2 nitrogen and oxygen atoms in total. The largest absolute Gasteiger partial charge is 0.396 e. The molecular formula is C5H10N2. The number of nitrogens with two attached hydrogens (primary N) is 2. The Morgan fingerprint density at radius 1 is 1.14 bits per heavy atom. The van der Waals surface area contributed by atoms with Crippen LogP contribution >= 0.6 is 0 Å². The second-order valence-corrected chi connectivity index (χ2v) is 1.49. The van der Waals surface area contributed by atoms with Crippen molar-refractivity contribution in [2.24, 2.45) is 11.5 Å². The van der Waals surface area contributed by atoms with Gasteiger partial charge in [0, 0.05) is 11.4 Å². The van der Waals surface area contributed by atoms with E-state index in [-0.39, 0.29) is 0 Å². The molecule has 0 saturated heterocycles. The molecule has 0 aliphatic carbocycles. The Hall–Kier alpha value is -0.880. The smallest absolute Gasteiger partial charge is 0.0498 e. The van der Waals surface area contributed by atoms with Gasteiger partial charge in [0.15, 0.2) is 0 Å². The molecule has 0 fully saturated rings. The van der Waals surface area contributed by atoms with E-state index in [1.54, 1.807) is 13.8 Å². The molecule has 0 aliphatic heterocycles. The first-order chi connectivity index (χ1) is 3.13. The van der Waals surface area contributed by atoms with Gasteiger partial charge in [-0.1, -0.05) is 5.73 Å². The Balaban J connectivity index is 4.13. The second kappa shape index (κ2) is 2.32. The zero-order chi connectivity index (χ0) is 5.86. The number of rotatable bonds is 0. The molecule has 0 aromatic rings. The van der Waals surface area contributed by atoms with E-state index in [0.29, 0.717) is 11.4 Å². The third kappa shape index (κ3) is 5.12. The lowest BCUT2D eigenvalue weighted by Crippen LogP contribution is -1.92. The summed E-state index contributed by atoms with van der Waals surface area (Å²) in [4.78, 5) is 0. The SMILES string of the molecule is CC(N)=C=C(C)N. The van der Waals surface area contributed by atoms with Crippen LogP contribution in [0.15, 0.2) is 17.1 Å². The van der Waals surface area contributed by atoms with Gasteiger partial charge in [-0.3, -0.25) is 0 Å². The Morgan fingerprint density at radius 3 is 1.43 bits per heavy atom. The van der Waals surface area contributed by atoms with E-state index in [0.717, 1.165) is 0 Å². The topological polar surface area (TPSA) is 52.0 Å². The van der Waals surface area contributed by atoms with Gasteiger partial charge in [0.25, 0.3) is 0 Å². The highest BCUT2D eigenvalue weighted by molar-refractivity contribution is 4.98. The van der Waals surface area contributed by atoms with Gasteiger partial charge in [-0.2, -0.15) is 0 Å². The molecule has 0 bridgehead atoms. The average molecular weight is 98.1 g/mol. The average Bonchev–Trinajstić information content (AvgIpc) is 1.27. The summed E-state index contributed by atoms with van der Waals surface area (Å²) < 4.78 is 0. The predicted octanol–water partition coefficient (Wildman–Crippen LogP) is 0.310. The fourth-order valence-electron chi connectivity index (χ4n) is 0.311. The fraction of sp³-hybridized carbons (Fsp3) is 0.400. The van der Waals surface area contributed by atoms with Gasteiger partial charge >= 0.3 is 0 Å². The van der Waals surface area contributed by atoms with E-state index in [4.69, 9.17) is 11.5 Å². The van der Waals surface area contributed by atoms with Crippen LogP contribution in [0.4, 0.5) is 0 Å². The van der Waals surface area contributed by atoms with Gasteiger partial charge < -0.3 is 11.5 Å². The minimum absolute atomic E-state index is 0.625. The summed E-state index contributed by atoms with van der Waals surface area (Å²) in [5, 5.41) is 0. The van der Waals surface area contributed by atoms with Crippen molar-refractivity contribution >= 4 is 0 Å². The first-order valence-corrected chi connectivity index (χ1v) is 2.08. The molecule has 0 unspecified atom stereocenters. The number of hydrogen-bond acceptors (Lipinski definition) is 2. The van der Waals surface area contributed by atoms with Crippen molar-refractivity contribution in [1.82, 2.24) is 0 Å². The van der Waals surface area contributed by atoms with E-state index in [9.17, 15) is 0 Å². The minimum Gasteiger partial charge on any atom is -0.396 e. The molecule has 0 radical (unpaired) electrons. The third-order valence-electron chi connectivity index (χ3n) is 0.394. The molecule has 7 heavy (non-hydrogen) atoms. The van der Waals surface area contributed by atoms with E-state index in [2.05, 4.69) is 5.73 Å². The second-order valence-electron chi connectivity index (χ2n) is 1.49. The van der Waals surface area contributed by atoms with Crippen molar-refractivity contribution in [3.63, 3.8) is 0 Å². The summed E-state index contributed by atoms with van der Waals surface area (Å²) in [6, 6.07) is 0. The van der Waals surface area contributed by atoms with Crippen LogP contribution in [-0.2, 0) is 0 Å². The quantitative estimate of drug-likeness (QED) is 0.428. The highest BCUT2D eigenvalue weighted by atomic mass is 14.6. The highest BCUT2D eigenvalue weighted by Crippen LogP contribution is 1.76. The standard InChI is InChI=1S/C5H10N2/c1-4(6)3-5(2)7/h6-7H2,1-2H3. The van der Waals surface area contributed by atoms with E-state index >= 15 is 0 Å². The maximum atomic E-state index is 5.20. The van der Waals surface area contributed by atoms with E-state index in [1.165, 1.54) is 0 Å². The molecule has 40 valence electrons. The maximum Gasteiger partial charge on any atom is 0.0498 e. The molecule has 0 atom stereocenters. The Morgan fingerprint density at radius 2 is 1.43 bits per heavy atom. The predicted molar refractivity (Wildman–Crippen MR) is 30.3 cm³/mol. The molecule has 0 rings (SSSR count). The minimum atomic E-state index is 0.625. The van der Waals surface area contributed by atoms with E-state index in [1.807, 2.05) is 0 Å². The summed E-state index contributed by atoms with van der Waals surface area (Å²) in [6.45, 7) is 3.49. The van der Waals surface area contributed by atoms with E-state index < -0.39 is 0 Å². The third-order valence-corrected chi connectivity index (χ3v) is 0.394. The van der Waals surface area contributed by atoms with Crippen molar-refractivity contribution in [3.05, 3.63) is 17.1 Å². The lowest BCUT2D eigenvalue weighted by Gasteiger charge is -1.80. The number of hydrogen-bond donors (Lipinski definition) is 2.